The molecule has 9 heteroatoms. The zero-order valence-electron chi connectivity index (χ0n) is 12.7. The quantitative estimate of drug-likeness (QED) is 0.268. The van der Waals surface area contributed by atoms with Crippen molar-refractivity contribution in [1.82, 2.24) is 10.2 Å². The van der Waals surface area contributed by atoms with Crippen LogP contribution in [0.3, 0.4) is 0 Å². The highest BCUT2D eigenvalue weighted by Gasteiger charge is 2.26. The Kier molecular flexibility index (Phi) is 10.0. The maximum absolute atomic E-state index is 11.4. The number of hydrogen-bond donors (Lipinski definition) is 4. The largest absolute Gasteiger partial charge is 0.481 e. The molecule has 0 aromatic rings. The molecule has 0 aliphatic carbocycles. The number of nitrogens with one attached hydrogen (secondary N) is 1. The van der Waals surface area contributed by atoms with E-state index < -0.39 is 23.9 Å². The number of carboxylic acid groups (broad SMARTS) is 3. The second-order valence-electron chi connectivity index (χ2n) is 4.81. The van der Waals surface area contributed by atoms with Crippen molar-refractivity contribution in [3.05, 3.63) is 12.7 Å². The fourth-order valence-corrected chi connectivity index (χ4v) is 1.94. The smallest absolute Gasteiger partial charge is 0.320 e. The summed E-state index contributed by atoms with van der Waals surface area (Å²) in [6, 6.07) is -1.01. The molecule has 130 valence electrons. The molecule has 1 unspecified atom stereocenters. The zero-order valence-corrected chi connectivity index (χ0v) is 12.7. The van der Waals surface area contributed by atoms with E-state index in [1.165, 1.54) is 4.90 Å². The van der Waals surface area contributed by atoms with E-state index >= 15 is 0 Å². The van der Waals surface area contributed by atoms with Crippen molar-refractivity contribution in [3.8, 4) is 0 Å². The second-order valence-corrected chi connectivity index (χ2v) is 4.81. The van der Waals surface area contributed by atoms with E-state index in [0.29, 0.717) is 6.42 Å². The zero-order chi connectivity index (χ0) is 17.8. The van der Waals surface area contributed by atoms with E-state index in [9.17, 15) is 24.3 Å². The van der Waals surface area contributed by atoms with Gasteiger partial charge in [0.1, 0.15) is 6.04 Å². The Morgan fingerprint density at radius 1 is 1.04 bits per heavy atom. The molecule has 9 nitrogen and oxygen atoms in total. The van der Waals surface area contributed by atoms with Gasteiger partial charge in [0.25, 0.3) is 0 Å². The van der Waals surface area contributed by atoms with Crippen molar-refractivity contribution < 1.29 is 34.5 Å². The average molecular weight is 330 g/mol. The molecule has 4 N–H and O–H groups in total. The molecule has 0 aromatic carbocycles. The molecule has 0 radical (unpaired) electrons. The van der Waals surface area contributed by atoms with Crippen LogP contribution in [0.5, 0.6) is 0 Å². The third kappa shape index (κ3) is 10.0. The topological polar surface area (TPSA) is 144 Å². The predicted octanol–water partition coefficient (Wildman–Crippen LogP) is -0.227. The first kappa shape index (κ1) is 20.6. The third-order valence-electron chi connectivity index (χ3n) is 3.09. The number of carbonyl (C=O) groups excluding carboxylic acids is 1. The van der Waals surface area contributed by atoms with E-state index in [1.807, 2.05) is 0 Å². The molecule has 0 aromatic heterocycles. The van der Waals surface area contributed by atoms with Gasteiger partial charge in [-0.1, -0.05) is 6.58 Å². The summed E-state index contributed by atoms with van der Waals surface area (Å²) in [5.41, 5.74) is 0. The van der Waals surface area contributed by atoms with E-state index in [1.54, 1.807) is 0 Å². The second kappa shape index (κ2) is 11.2. The van der Waals surface area contributed by atoms with Crippen molar-refractivity contribution in [2.24, 2.45) is 0 Å². The van der Waals surface area contributed by atoms with Crippen LogP contribution in [0.1, 0.15) is 25.7 Å². The van der Waals surface area contributed by atoms with E-state index in [4.69, 9.17) is 10.2 Å². The molecule has 0 aliphatic heterocycles. The Hall–Kier alpha value is -2.42. The van der Waals surface area contributed by atoms with Gasteiger partial charge in [-0.25, -0.2) is 0 Å². The Morgan fingerprint density at radius 2 is 1.57 bits per heavy atom. The first-order chi connectivity index (χ1) is 10.8. The van der Waals surface area contributed by atoms with Crippen molar-refractivity contribution in [1.29, 1.82) is 0 Å². The monoisotopic (exact) mass is 330 g/mol. The van der Waals surface area contributed by atoms with Crippen molar-refractivity contribution in [3.63, 3.8) is 0 Å². The Balaban J connectivity index is 4.65. The van der Waals surface area contributed by atoms with Crippen LogP contribution in [-0.4, -0.2) is 69.7 Å². The molecular formula is C14H22N2O7. The fourth-order valence-electron chi connectivity index (χ4n) is 1.94. The summed E-state index contributed by atoms with van der Waals surface area (Å²) in [4.78, 5) is 45.0. The van der Waals surface area contributed by atoms with Crippen LogP contribution < -0.4 is 5.32 Å². The number of aliphatic carboxylic acids is 3. The lowest BCUT2D eigenvalue weighted by Crippen LogP contribution is -2.43. The number of nitrogens with zero attached hydrogens (tertiary/aromatic N) is 1. The van der Waals surface area contributed by atoms with Gasteiger partial charge in [-0.2, -0.15) is 0 Å². The predicted molar refractivity (Wildman–Crippen MR) is 79.9 cm³/mol. The SMILES string of the molecule is C=CC(=O)NCCCC(C(=O)O)N(CCC(=O)O)CCC(=O)O. The summed E-state index contributed by atoms with van der Waals surface area (Å²) in [6.45, 7) is 3.42. The Bertz CT molecular complexity index is 432. The van der Waals surface area contributed by atoms with Crippen molar-refractivity contribution in [2.45, 2.75) is 31.7 Å². The van der Waals surface area contributed by atoms with Crippen molar-refractivity contribution in [2.75, 3.05) is 19.6 Å². The van der Waals surface area contributed by atoms with Crippen LogP contribution in [0.2, 0.25) is 0 Å². The van der Waals surface area contributed by atoms with Crippen LogP contribution in [0.15, 0.2) is 12.7 Å². The standard InChI is InChI=1S/C14H22N2O7/c1-2-11(17)15-7-3-4-10(14(22)23)16(8-5-12(18)19)9-6-13(20)21/h2,10H,1,3-9H2,(H,15,17)(H,18,19)(H,20,21)(H,22,23). The lowest BCUT2D eigenvalue weighted by Gasteiger charge is -2.28. The maximum Gasteiger partial charge on any atom is 0.320 e. The lowest BCUT2D eigenvalue weighted by atomic mass is 10.1. The lowest BCUT2D eigenvalue weighted by molar-refractivity contribution is -0.146. The highest BCUT2D eigenvalue weighted by atomic mass is 16.4. The number of hydrogen-bond acceptors (Lipinski definition) is 5. The summed E-state index contributed by atoms with van der Waals surface area (Å²) >= 11 is 0. The van der Waals surface area contributed by atoms with Gasteiger partial charge in [-0.3, -0.25) is 24.1 Å². The first-order valence-electron chi connectivity index (χ1n) is 7.08. The van der Waals surface area contributed by atoms with Crippen LogP contribution >= 0.6 is 0 Å². The molecule has 0 saturated carbocycles. The number of carboxylic acids is 3. The number of carbonyl (C=O) groups is 4. The van der Waals surface area contributed by atoms with Gasteiger partial charge < -0.3 is 20.6 Å². The third-order valence-corrected chi connectivity index (χ3v) is 3.09. The minimum atomic E-state index is -1.16. The summed E-state index contributed by atoms with van der Waals surface area (Å²) in [6.07, 6.45) is 1.05. The summed E-state index contributed by atoms with van der Waals surface area (Å²) < 4.78 is 0. The highest BCUT2D eigenvalue weighted by Crippen LogP contribution is 2.10. The Labute approximate surface area is 133 Å². The molecule has 23 heavy (non-hydrogen) atoms. The average Bonchev–Trinajstić information content (AvgIpc) is 2.47. The molecule has 0 aliphatic rings. The van der Waals surface area contributed by atoms with E-state index in [0.717, 1.165) is 6.08 Å². The van der Waals surface area contributed by atoms with Gasteiger partial charge >= 0.3 is 17.9 Å². The maximum atomic E-state index is 11.4. The molecule has 1 amide bonds. The minimum absolute atomic E-state index is 0.0569. The van der Waals surface area contributed by atoms with Crippen LogP contribution in [0.25, 0.3) is 0 Å². The molecule has 0 saturated heterocycles. The van der Waals surface area contributed by atoms with Gasteiger partial charge in [-0.05, 0) is 18.9 Å². The molecule has 0 rings (SSSR count). The summed E-state index contributed by atoms with van der Waals surface area (Å²) in [7, 11) is 0. The number of amides is 1. The van der Waals surface area contributed by atoms with E-state index in [2.05, 4.69) is 11.9 Å². The number of rotatable bonds is 13. The molecule has 1 atom stereocenters. The van der Waals surface area contributed by atoms with E-state index in [-0.39, 0.29) is 44.8 Å². The molecule has 0 heterocycles. The van der Waals surface area contributed by atoms with Gasteiger partial charge in [0, 0.05) is 19.6 Å². The molecular weight excluding hydrogens is 308 g/mol. The minimum Gasteiger partial charge on any atom is -0.481 e. The Morgan fingerprint density at radius 3 is 1.96 bits per heavy atom. The van der Waals surface area contributed by atoms with Crippen LogP contribution in [-0.2, 0) is 19.2 Å². The summed E-state index contributed by atoms with van der Waals surface area (Å²) in [5.74, 6) is -3.71. The normalized spacial score (nSPS) is 11.7. The molecule has 0 fully saturated rings. The molecule has 0 bridgehead atoms. The van der Waals surface area contributed by atoms with Crippen molar-refractivity contribution >= 4 is 23.8 Å². The van der Waals surface area contributed by atoms with Gasteiger partial charge in [-0.15, -0.1) is 0 Å². The van der Waals surface area contributed by atoms with Crippen LogP contribution in [0.4, 0.5) is 0 Å². The highest BCUT2D eigenvalue weighted by molar-refractivity contribution is 5.86. The summed E-state index contributed by atoms with van der Waals surface area (Å²) in [5, 5.41) is 29.2. The first-order valence-corrected chi connectivity index (χ1v) is 7.08. The fraction of sp³-hybridized carbons (Fsp3) is 0.571. The van der Waals surface area contributed by atoms with Gasteiger partial charge in [0.2, 0.25) is 5.91 Å². The van der Waals surface area contributed by atoms with Gasteiger partial charge in [0.15, 0.2) is 0 Å². The van der Waals surface area contributed by atoms with Crippen LogP contribution in [0, 0.1) is 0 Å². The van der Waals surface area contributed by atoms with Gasteiger partial charge in [0.05, 0.1) is 12.8 Å². The molecule has 0 spiro atoms.